The van der Waals surface area contributed by atoms with E-state index in [4.69, 9.17) is 9.47 Å². The number of rotatable bonds is 6. The van der Waals surface area contributed by atoms with Gasteiger partial charge in [0, 0.05) is 11.1 Å². The summed E-state index contributed by atoms with van der Waals surface area (Å²) in [6.45, 7) is 1.54. The quantitative estimate of drug-likeness (QED) is 0.718. The molecule has 0 unspecified atom stereocenters. The average molecular weight is 338 g/mol. The molecule has 0 spiro atoms. The highest BCUT2D eigenvalue weighted by atomic mass is 19.4. The molecular formula is C18H17F3O3. The van der Waals surface area contributed by atoms with Gasteiger partial charge >= 0.3 is 6.18 Å². The third-order valence-corrected chi connectivity index (χ3v) is 3.59. The monoisotopic (exact) mass is 338 g/mol. The normalized spacial score (nSPS) is 11.2. The lowest BCUT2D eigenvalue weighted by molar-refractivity contribution is -0.138. The molecule has 0 aliphatic carbocycles. The second-order valence-electron chi connectivity index (χ2n) is 5.16. The number of carbonyl (C=O) groups excluding carboxylic acids is 1. The first-order valence-corrected chi connectivity index (χ1v) is 7.34. The molecule has 0 aliphatic heterocycles. The zero-order chi connectivity index (χ0) is 17.7. The smallest absolute Gasteiger partial charge is 0.416 e. The highest BCUT2D eigenvalue weighted by Crippen LogP contribution is 2.34. The molecule has 2 rings (SSSR count). The molecule has 0 radical (unpaired) electrons. The van der Waals surface area contributed by atoms with Gasteiger partial charge in [-0.25, -0.2) is 0 Å². The van der Waals surface area contributed by atoms with E-state index in [1.165, 1.54) is 31.4 Å². The Bertz CT molecular complexity index is 724. The minimum Gasteiger partial charge on any atom is -0.493 e. The minimum absolute atomic E-state index is 0.0428. The highest BCUT2D eigenvalue weighted by molar-refractivity contribution is 5.76. The summed E-state index contributed by atoms with van der Waals surface area (Å²) in [6, 6.07) is 8.69. The van der Waals surface area contributed by atoms with Crippen molar-refractivity contribution in [1.29, 1.82) is 0 Å². The van der Waals surface area contributed by atoms with Crippen LogP contribution in [0.5, 0.6) is 11.5 Å². The summed E-state index contributed by atoms with van der Waals surface area (Å²) in [5.41, 5.74) is 0.341. The third kappa shape index (κ3) is 4.07. The molecule has 2 aromatic rings. The van der Waals surface area contributed by atoms with Crippen molar-refractivity contribution in [2.75, 3.05) is 7.11 Å². The van der Waals surface area contributed by atoms with Gasteiger partial charge in [-0.05, 0) is 36.2 Å². The Hall–Kier alpha value is -2.50. The van der Waals surface area contributed by atoms with Gasteiger partial charge in [0.2, 0.25) is 0 Å². The number of carbonyl (C=O) groups is 1. The van der Waals surface area contributed by atoms with Crippen LogP contribution in [0.3, 0.4) is 0 Å². The number of ether oxygens (including phenoxy) is 2. The van der Waals surface area contributed by atoms with Gasteiger partial charge in [0.15, 0.2) is 11.5 Å². The Balaban J connectivity index is 2.28. The van der Waals surface area contributed by atoms with Crippen molar-refractivity contribution in [1.82, 2.24) is 0 Å². The molecule has 6 heteroatoms. The predicted molar refractivity (Wildman–Crippen MR) is 83.5 cm³/mol. The van der Waals surface area contributed by atoms with Crippen LogP contribution in [0.4, 0.5) is 13.2 Å². The van der Waals surface area contributed by atoms with Crippen molar-refractivity contribution in [3.05, 3.63) is 58.7 Å². The Kier molecular flexibility index (Phi) is 5.49. The van der Waals surface area contributed by atoms with Gasteiger partial charge in [-0.15, -0.1) is 0 Å². The van der Waals surface area contributed by atoms with Crippen LogP contribution in [-0.2, 0) is 19.2 Å². The first-order chi connectivity index (χ1) is 11.4. The molecule has 0 N–H and O–H groups in total. The first-order valence-electron chi connectivity index (χ1n) is 7.34. The van der Waals surface area contributed by atoms with E-state index in [-0.39, 0.29) is 17.9 Å². The molecule has 24 heavy (non-hydrogen) atoms. The number of halogens is 3. The van der Waals surface area contributed by atoms with E-state index in [2.05, 4.69) is 0 Å². The number of aldehydes is 1. The molecule has 0 amide bonds. The second-order valence-corrected chi connectivity index (χ2v) is 5.16. The zero-order valence-electron chi connectivity index (χ0n) is 13.3. The van der Waals surface area contributed by atoms with Gasteiger partial charge in [-0.1, -0.05) is 19.1 Å². The number of alkyl halides is 3. The van der Waals surface area contributed by atoms with Crippen molar-refractivity contribution in [2.45, 2.75) is 26.1 Å². The molecule has 0 heterocycles. The summed E-state index contributed by atoms with van der Waals surface area (Å²) in [7, 11) is 1.40. The topological polar surface area (TPSA) is 35.5 Å². The third-order valence-electron chi connectivity index (χ3n) is 3.59. The van der Waals surface area contributed by atoms with E-state index >= 15 is 0 Å². The Morgan fingerprint density at radius 3 is 2.42 bits per heavy atom. The van der Waals surface area contributed by atoms with Crippen LogP contribution in [0.25, 0.3) is 0 Å². The lowest BCUT2D eigenvalue weighted by atomic mass is 10.0. The fourth-order valence-electron chi connectivity index (χ4n) is 2.27. The van der Waals surface area contributed by atoms with Crippen molar-refractivity contribution in [3.63, 3.8) is 0 Å². The van der Waals surface area contributed by atoms with Crippen LogP contribution in [0.2, 0.25) is 0 Å². The van der Waals surface area contributed by atoms with E-state index in [1.807, 2.05) is 0 Å². The van der Waals surface area contributed by atoms with E-state index in [1.54, 1.807) is 13.0 Å². The molecule has 0 bridgehead atoms. The SMILES string of the molecule is CCc1ccc(COc2ccc(C=O)cc2OC)c(C(F)(F)F)c1. The van der Waals surface area contributed by atoms with Crippen molar-refractivity contribution >= 4 is 6.29 Å². The molecule has 0 saturated carbocycles. The zero-order valence-corrected chi connectivity index (χ0v) is 13.3. The summed E-state index contributed by atoms with van der Waals surface area (Å²) in [6.07, 6.45) is -3.28. The summed E-state index contributed by atoms with van der Waals surface area (Å²) >= 11 is 0. The number of benzene rings is 2. The van der Waals surface area contributed by atoms with E-state index in [9.17, 15) is 18.0 Å². The number of hydrogen-bond donors (Lipinski definition) is 0. The molecule has 0 aliphatic rings. The van der Waals surface area contributed by atoms with Crippen LogP contribution in [0, 0.1) is 0 Å². The Labute approximate surface area is 138 Å². The van der Waals surface area contributed by atoms with Gasteiger partial charge in [0.05, 0.1) is 12.7 Å². The fourth-order valence-corrected chi connectivity index (χ4v) is 2.27. The molecule has 0 atom stereocenters. The molecule has 2 aromatic carbocycles. The summed E-state index contributed by atoms with van der Waals surface area (Å²) < 4.78 is 50.2. The predicted octanol–water partition coefficient (Wildman–Crippen LogP) is 4.67. The van der Waals surface area contributed by atoms with Gasteiger partial charge < -0.3 is 9.47 Å². The Morgan fingerprint density at radius 1 is 1.08 bits per heavy atom. The molecule has 0 saturated heterocycles. The average Bonchev–Trinajstić information content (AvgIpc) is 2.58. The summed E-state index contributed by atoms with van der Waals surface area (Å²) in [4.78, 5) is 10.8. The van der Waals surface area contributed by atoms with Crippen LogP contribution in [0.1, 0.15) is 34.0 Å². The molecule has 128 valence electrons. The first kappa shape index (κ1) is 17.8. The highest BCUT2D eigenvalue weighted by Gasteiger charge is 2.33. The lowest BCUT2D eigenvalue weighted by Gasteiger charge is -2.16. The number of aryl methyl sites for hydroxylation is 1. The van der Waals surface area contributed by atoms with E-state index < -0.39 is 11.7 Å². The van der Waals surface area contributed by atoms with Crippen molar-refractivity contribution in [2.24, 2.45) is 0 Å². The van der Waals surface area contributed by atoms with Gasteiger partial charge in [-0.2, -0.15) is 13.2 Å². The number of hydrogen-bond acceptors (Lipinski definition) is 3. The maximum absolute atomic E-state index is 13.2. The standard InChI is InChI=1S/C18H17F3O3/c1-3-12-4-6-14(15(8-12)18(19,20)21)11-24-16-7-5-13(10-22)9-17(16)23-2/h4-10H,3,11H2,1-2H3. The maximum Gasteiger partial charge on any atom is 0.416 e. The van der Waals surface area contributed by atoms with Gasteiger partial charge in [0.1, 0.15) is 12.9 Å². The van der Waals surface area contributed by atoms with Crippen LogP contribution >= 0.6 is 0 Å². The molecular weight excluding hydrogens is 321 g/mol. The minimum atomic E-state index is -4.45. The molecule has 0 aromatic heterocycles. The van der Waals surface area contributed by atoms with Crippen LogP contribution < -0.4 is 9.47 Å². The number of methoxy groups -OCH3 is 1. The largest absolute Gasteiger partial charge is 0.493 e. The maximum atomic E-state index is 13.2. The van der Waals surface area contributed by atoms with Crippen LogP contribution in [-0.4, -0.2) is 13.4 Å². The van der Waals surface area contributed by atoms with E-state index in [0.29, 0.717) is 29.6 Å². The van der Waals surface area contributed by atoms with Crippen molar-refractivity contribution in [3.8, 4) is 11.5 Å². The lowest BCUT2D eigenvalue weighted by Crippen LogP contribution is -2.12. The molecule has 3 nitrogen and oxygen atoms in total. The fraction of sp³-hybridized carbons (Fsp3) is 0.278. The summed E-state index contributed by atoms with van der Waals surface area (Å²) in [5, 5.41) is 0. The second kappa shape index (κ2) is 7.38. The Morgan fingerprint density at radius 2 is 1.83 bits per heavy atom. The van der Waals surface area contributed by atoms with Gasteiger partial charge in [0.25, 0.3) is 0 Å². The molecule has 0 fully saturated rings. The van der Waals surface area contributed by atoms with Crippen molar-refractivity contribution < 1.29 is 27.4 Å². The van der Waals surface area contributed by atoms with E-state index in [0.717, 1.165) is 6.07 Å². The van der Waals surface area contributed by atoms with Gasteiger partial charge in [-0.3, -0.25) is 4.79 Å². The summed E-state index contributed by atoms with van der Waals surface area (Å²) in [5.74, 6) is 0.564. The van der Waals surface area contributed by atoms with Crippen LogP contribution in [0.15, 0.2) is 36.4 Å².